The molecule has 44 heavy (non-hydrogen) atoms. The monoisotopic (exact) mass is 657 g/mol. The van der Waals surface area contributed by atoms with Crippen molar-refractivity contribution in [1.82, 2.24) is 24.8 Å². The number of amides is 1. The Morgan fingerprint density at radius 3 is 2.48 bits per heavy atom. The molecule has 0 aromatic carbocycles. The second-order valence-electron chi connectivity index (χ2n) is 13.4. The average Bonchev–Trinajstić information content (AvgIpc) is 3.54. The van der Waals surface area contributed by atoms with Crippen molar-refractivity contribution >= 4 is 50.3 Å². The number of anilines is 2. The van der Waals surface area contributed by atoms with Crippen LogP contribution in [-0.4, -0.2) is 115 Å². The first-order valence-electron chi connectivity index (χ1n) is 14.9. The second kappa shape index (κ2) is 10.9. The van der Waals surface area contributed by atoms with E-state index in [4.69, 9.17) is 26.1 Å². The van der Waals surface area contributed by atoms with Gasteiger partial charge < -0.3 is 14.4 Å². The molecule has 2 aromatic rings. The van der Waals surface area contributed by atoms with Gasteiger partial charge in [0.25, 0.3) is 0 Å². The van der Waals surface area contributed by atoms with Crippen molar-refractivity contribution < 1.29 is 31.5 Å². The molecule has 2 aromatic heterocycles. The molecule has 16 heteroatoms. The van der Waals surface area contributed by atoms with E-state index >= 15 is 4.39 Å². The summed E-state index contributed by atoms with van der Waals surface area (Å²) in [6.45, 7) is 7.33. The molecule has 4 aliphatic heterocycles. The summed E-state index contributed by atoms with van der Waals surface area (Å²) in [6.07, 6.45) is 3.10. The maximum atomic E-state index is 15.7. The van der Waals surface area contributed by atoms with Crippen LogP contribution in [0.5, 0.6) is 6.01 Å². The molecule has 2 bridgehead atoms. The predicted octanol–water partition coefficient (Wildman–Crippen LogP) is 3.76. The highest BCUT2D eigenvalue weighted by molar-refractivity contribution is 7.92. The summed E-state index contributed by atoms with van der Waals surface area (Å²) in [5.74, 6) is -0.856. The van der Waals surface area contributed by atoms with Gasteiger partial charge in [0.1, 0.15) is 29.7 Å². The third-order valence-corrected chi connectivity index (χ3v) is 10.5. The van der Waals surface area contributed by atoms with Crippen LogP contribution in [0.25, 0.3) is 10.9 Å². The fraction of sp³-hybridized carbons (Fsp3) is 0.714. The van der Waals surface area contributed by atoms with Gasteiger partial charge in [-0.3, -0.25) is 14.1 Å². The highest BCUT2D eigenvalue weighted by Gasteiger charge is 2.50. The van der Waals surface area contributed by atoms with Crippen LogP contribution in [0.4, 0.5) is 25.2 Å². The molecule has 0 radical (unpaired) electrons. The number of ether oxygens (including phenoxy) is 2. The zero-order chi connectivity index (χ0) is 31.8. The van der Waals surface area contributed by atoms with Gasteiger partial charge in [-0.2, -0.15) is 9.97 Å². The smallest absolute Gasteiger partial charge is 0.410 e. The molecular formula is C28H38ClF2N7O5S. The number of piperazine rings is 1. The Morgan fingerprint density at radius 2 is 1.84 bits per heavy atom. The van der Waals surface area contributed by atoms with Crippen LogP contribution in [0.15, 0.2) is 0 Å². The van der Waals surface area contributed by atoms with E-state index in [1.165, 1.54) is 7.05 Å². The number of pyridine rings is 1. The lowest BCUT2D eigenvalue weighted by Gasteiger charge is -2.42. The van der Waals surface area contributed by atoms with E-state index in [0.29, 0.717) is 26.1 Å². The minimum atomic E-state index is -3.84. The number of rotatable bonds is 6. The van der Waals surface area contributed by atoms with Crippen molar-refractivity contribution in [1.29, 1.82) is 0 Å². The lowest BCUT2D eigenvalue weighted by molar-refractivity contribution is 0.0122. The van der Waals surface area contributed by atoms with Gasteiger partial charge in [0, 0.05) is 33.1 Å². The van der Waals surface area contributed by atoms with Gasteiger partial charge >= 0.3 is 12.1 Å². The van der Waals surface area contributed by atoms with Crippen molar-refractivity contribution in [2.24, 2.45) is 0 Å². The van der Waals surface area contributed by atoms with E-state index in [0.717, 1.165) is 42.8 Å². The number of sulfonamides is 1. The maximum absolute atomic E-state index is 15.7. The number of fused-ring (bicyclic) bond motifs is 4. The summed E-state index contributed by atoms with van der Waals surface area (Å²) < 4.78 is 68.1. The molecule has 6 heterocycles. The second-order valence-corrected chi connectivity index (χ2v) is 15.7. The lowest BCUT2D eigenvalue weighted by atomic mass is 9.95. The number of halogens is 3. The average molecular weight is 658 g/mol. The van der Waals surface area contributed by atoms with Gasteiger partial charge in [-0.1, -0.05) is 11.6 Å². The molecule has 0 saturated carbocycles. The number of nitrogens with zero attached hydrogens (tertiary/aromatic N) is 7. The zero-order valence-corrected chi connectivity index (χ0v) is 27.1. The molecule has 0 aliphatic carbocycles. The SMILES string of the molecule is CN(c1nc(Cl)c(F)c2nc(OC[C@@]34CCCN3C[C@H](F)C4)nc(N3CC4CCC(C3)N4C(=O)OC(C)(C)C)c12)S(C)(=O)=O. The molecule has 4 saturated heterocycles. The molecule has 1 amide bonds. The lowest BCUT2D eigenvalue weighted by Crippen LogP contribution is -2.57. The van der Waals surface area contributed by atoms with E-state index in [-0.39, 0.29) is 47.2 Å². The topological polar surface area (TPSA) is 121 Å². The summed E-state index contributed by atoms with van der Waals surface area (Å²) in [4.78, 5) is 32.0. The Hall–Kier alpha value is -2.78. The fourth-order valence-electron chi connectivity index (χ4n) is 7.10. The number of hydrogen-bond acceptors (Lipinski definition) is 10. The molecule has 242 valence electrons. The molecule has 0 spiro atoms. The molecule has 4 atom stereocenters. The number of aromatic nitrogens is 3. The van der Waals surface area contributed by atoms with Crippen molar-refractivity contribution in [3.63, 3.8) is 0 Å². The number of hydrogen-bond donors (Lipinski definition) is 0. The van der Waals surface area contributed by atoms with Crippen molar-refractivity contribution in [3.05, 3.63) is 11.0 Å². The van der Waals surface area contributed by atoms with Gasteiger partial charge in [0.15, 0.2) is 16.8 Å². The minimum absolute atomic E-state index is 0.0580. The number of carbonyl (C=O) groups excluding carboxylic acids is 1. The quantitative estimate of drug-likeness (QED) is 0.425. The Bertz CT molecular complexity index is 1580. The first kappa shape index (κ1) is 31.2. The number of carbonyl (C=O) groups is 1. The van der Waals surface area contributed by atoms with Crippen molar-refractivity contribution in [3.8, 4) is 6.01 Å². The van der Waals surface area contributed by atoms with E-state index in [1.807, 2.05) is 25.7 Å². The Kier molecular flexibility index (Phi) is 7.76. The maximum Gasteiger partial charge on any atom is 0.410 e. The van der Waals surface area contributed by atoms with Gasteiger partial charge in [-0.25, -0.2) is 27.0 Å². The first-order valence-corrected chi connectivity index (χ1v) is 17.1. The van der Waals surface area contributed by atoms with Crippen LogP contribution in [0, 0.1) is 5.82 Å². The summed E-state index contributed by atoms with van der Waals surface area (Å²) in [5, 5.41) is -0.493. The van der Waals surface area contributed by atoms with Gasteiger partial charge in [0.2, 0.25) is 10.0 Å². The van der Waals surface area contributed by atoms with Crippen LogP contribution < -0.4 is 13.9 Å². The van der Waals surface area contributed by atoms with Crippen LogP contribution in [0.1, 0.15) is 52.9 Å². The first-order chi connectivity index (χ1) is 20.6. The Labute approximate surface area is 260 Å². The molecular weight excluding hydrogens is 620 g/mol. The molecule has 12 nitrogen and oxygen atoms in total. The summed E-state index contributed by atoms with van der Waals surface area (Å²) in [5.41, 5.74) is -1.40. The standard InChI is InChI=1S/C28H38ClF2N7O5S/c1-27(2,3)43-26(39)38-17-7-8-18(38)14-36(13-17)24-19-21(20(31)22(29)33-23(19)35(4)44(5,40)41)32-25(34-24)42-15-28-9-6-10-37(28)12-16(30)11-28/h16-18H,6-15H2,1-5H3/t16-,17?,18?,28+/m1/s1. The highest BCUT2D eigenvalue weighted by atomic mass is 35.5. The Balaban J connectivity index is 1.42. The van der Waals surface area contributed by atoms with E-state index < -0.39 is 44.4 Å². The van der Waals surface area contributed by atoms with Crippen LogP contribution in [0.3, 0.4) is 0 Å². The van der Waals surface area contributed by atoms with E-state index in [2.05, 4.69) is 14.9 Å². The number of alkyl halides is 1. The normalized spacial score (nSPS) is 27.2. The van der Waals surface area contributed by atoms with Crippen molar-refractivity contribution in [2.75, 3.05) is 55.3 Å². The summed E-state index contributed by atoms with van der Waals surface area (Å²) in [7, 11) is -2.55. The van der Waals surface area contributed by atoms with Crippen LogP contribution in [-0.2, 0) is 14.8 Å². The predicted molar refractivity (Wildman–Crippen MR) is 161 cm³/mol. The molecule has 2 unspecified atom stereocenters. The van der Waals surface area contributed by atoms with E-state index in [9.17, 15) is 17.6 Å². The van der Waals surface area contributed by atoms with Gasteiger partial charge in [-0.05, 0) is 53.0 Å². The van der Waals surface area contributed by atoms with Crippen molar-refractivity contribution in [2.45, 2.75) is 82.3 Å². The zero-order valence-electron chi connectivity index (χ0n) is 25.5. The third-order valence-electron chi connectivity index (χ3n) is 9.10. The summed E-state index contributed by atoms with van der Waals surface area (Å²) in [6, 6.07) is -0.567. The minimum Gasteiger partial charge on any atom is -0.461 e. The van der Waals surface area contributed by atoms with Crippen LogP contribution in [0.2, 0.25) is 5.15 Å². The fourth-order valence-corrected chi connectivity index (χ4v) is 7.72. The molecule has 6 rings (SSSR count). The molecule has 4 fully saturated rings. The Morgan fingerprint density at radius 1 is 1.16 bits per heavy atom. The van der Waals surface area contributed by atoms with Crippen LogP contribution >= 0.6 is 11.6 Å². The molecule has 4 aliphatic rings. The third kappa shape index (κ3) is 5.59. The summed E-state index contributed by atoms with van der Waals surface area (Å²) >= 11 is 6.18. The van der Waals surface area contributed by atoms with Gasteiger partial charge in [-0.15, -0.1) is 0 Å². The largest absolute Gasteiger partial charge is 0.461 e. The highest BCUT2D eigenvalue weighted by Crippen LogP contribution is 2.43. The molecule has 0 N–H and O–H groups in total. The van der Waals surface area contributed by atoms with E-state index in [1.54, 1.807) is 4.90 Å². The van der Waals surface area contributed by atoms with Gasteiger partial charge in [0.05, 0.1) is 29.3 Å².